The second-order valence-electron chi connectivity index (χ2n) is 6.31. The van der Waals surface area contributed by atoms with E-state index >= 15 is 0 Å². The van der Waals surface area contributed by atoms with E-state index < -0.39 is 0 Å². The van der Waals surface area contributed by atoms with Crippen LogP contribution in [0.3, 0.4) is 0 Å². The van der Waals surface area contributed by atoms with Crippen LogP contribution < -0.4 is 5.32 Å². The number of hydrogen-bond acceptors (Lipinski definition) is 2. The molecule has 1 aromatic carbocycles. The Labute approximate surface area is 110 Å². The van der Waals surface area contributed by atoms with Crippen molar-refractivity contribution >= 4 is 5.69 Å². The Morgan fingerprint density at radius 1 is 1.28 bits per heavy atom. The maximum atomic E-state index is 3.53. The van der Waals surface area contributed by atoms with Crippen molar-refractivity contribution in [3.8, 4) is 0 Å². The first-order chi connectivity index (χ1) is 8.67. The fraction of sp³-hybridized carbons (Fsp3) is 0.625. The molecule has 0 radical (unpaired) electrons. The van der Waals surface area contributed by atoms with Crippen LogP contribution in [0.4, 0.5) is 5.69 Å². The third kappa shape index (κ3) is 2.14. The number of likely N-dealkylation sites (tertiary alicyclic amines) is 1. The van der Waals surface area contributed by atoms with E-state index in [1.54, 1.807) is 5.56 Å². The van der Waals surface area contributed by atoms with Crippen LogP contribution in [-0.4, -0.2) is 23.5 Å². The Bertz CT molecular complexity index is 437. The highest BCUT2D eigenvalue weighted by molar-refractivity contribution is 5.56. The normalized spacial score (nSPS) is 22.6. The van der Waals surface area contributed by atoms with E-state index in [0.717, 1.165) is 13.1 Å². The van der Waals surface area contributed by atoms with Crippen LogP contribution in [0.1, 0.15) is 44.2 Å². The van der Waals surface area contributed by atoms with Crippen LogP contribution >= 0.6 is 0 Å². The Balaban J connectivity index is 1.85. The van der Waals surface area contributed by atoms with E-state index in [0.29, 0.717) is 5.54 Å². The monoisotopic (exact) mass is 244 g/mol. The summed E-state index contributed by atoms with van der Waals surface area (Å²) in [5.41, 5.74) is 4.85. The molecule has 0 aromatic heterocycles. The molecule has 1 fully saturated rings. The molecule has 18 heavy (non-hydrogen) atoms. The van der Waals surface area contributed by atoms with Gasteiger partial charge in [0.2, 0.25) is 0 Å². The lowest BCUT2D eigenvalue weighted by Gasteiger charge is -2.33. The molecule has 0 bridgehead atoms. The Morgan fingerprint density at radius 3 is 2.94 bits per heavy atom. The van der Waals surface area contributed by atoms with Crippen LogP contribution in [0.25, 0.3) is 0 Å². The van der Waals surface area contributed by atoms with Crippen molar-refractivity contribution in [2.45, 2.75) is 51.6 Å². The van der Waals surface area contributed by atoms with Crippen molar-refractivity contribution in [3.63, 3.8) is 0 Å². The second-order valence-corrected chi connectivity index (χ2v) is 6.31. The molecule has 0 amide bonds. The zero-order valence-electron chi connectivity index (χ0n) is 11.6. The summed E-state index contributed by atoms with van der Waals surface area (Å²) >= 11 is 0. The van der Waals surface area contributed by atoms with Gasteiger partial charge in [0.15, 0.2) is 0 Å². The number of hydrogen-bond donors (Lipinski definition) is 1. The standard InChI is InChI=1S/C16H24N2/c1-16(2)9-5-11-18(16)12-13-6-3-8-15-14(13)7-4-10-17-15/h3,6,8,17H,4-5,7,9-12H2,1-2H3. The first-order valence-corrected chi connectivity index (χ1v) is 7.26. The van der Waals surface area contributed by atoms with Crippen molar-refractivity contribution in [3.05, 3.63) is 29.3 Å². The summed E-state index contributed by atoms with van der Waals surface area (Å²) in [4.78, 5) is 2.65. The molecular weight excluding hydrogens is 220 g/mol. The molecule has 2 aliphatic heterocycles. The molecule has 1 N–H and O–H groups in total. The molecule has 2 heteroatoms. The molecule has 0 aliphatic carbocycles. The molecule has 2 aliphatic rings. The maximum absolute atomic E-state index is 3.53. The topological polar surface area (TPSA) is 15.3 Å². The molecule has 0 spiro atoms. The number of benzene rings is 1. The van der Waals surface area contributed by atoms with Gasteiger partial charge in [-0.15, -0.1) is 0 Å². The Hall–Kier alpha value is -1.02. The summed E-state index contributed by atoms with van der Waals surface area (Å²) in [6, 6.07) is 6.75. The SMILES string of the molecule is CC1(C)CCCN1Cc1cccc2c1CCCN2. The molecular formula is C16H24N2. The number of anilines is 1. The summed E-state index contributed by atoms with van der Waals surface area (Å²) in [5, 5.41) is 3.53. The lowest BCUT2D eigenvalue weighted by molar-refractivity contribution is 0.166. The fourth-order valence-electron chi connectivity index (χ4n) is 3.39. The predicted octanol–water partition coefficient (Wildman–Crippen LogP) is 3.42. The Kier molecular flexibility index (Phi) is 3.06. The fourth-order valence-corrected chi connectivity index (χ4v) is 3.39. The van der Waals surface area contributed by atoms with Gasteiger partial charge in [-0.3, -0.25) is 4.90 Å². The number of nitrogens with zero attached hydrogens (tertiary/aromatic N) is 1. The van der Waals surface area contributed by atoms with Crippen LogP contribution in [-0.2, 0) is 13.0 Å². The third-order valence-corrected chi connectivity index (χ3v) is 4.63. The number of rotatable bonds is 2. The van der Waals surface area contributed by atoms with Crippen LogP contribution in [0.5, 0.6) is 0 Å². The van der Waals surface area contributed by atoms with Crippen LogP contribution in [0.15, 0.2) is 18.2 Å². The zero-order chi connectivity index (χ0) is 12.6. The van der Waals surface area contributed by atoms with E-state index in [1.807, 2.05) is 0 Å². The highest BCUT2D eigenvalue weighted by Gasteiger charge is 2.32. The first kappa shape index (κ1) is 12.0. The molecule has 2 nitrogen and oxygen atoms in total. The lowest BCUT2D eigenvalue weighted by atomic mass is 9.96. The van der Waals surface area contributed by atoms with Crippen molar-refractivity contribution in [1.29, 1.82) is 0 Å². The summed E-state index contributed by atoms with van der Waals surface area (Å²) in [6.45, 7) is 8.27. The summed E-state index contributed by atoms with van der Waals surface area (Å²) in [7, 11) is 0. The van der Waals surface area contributed by atoms with Gasteiger partial charge in [-0.1, -0.05) is 12.1 Å². The molecule has 0 unspecified atom stereocenters. The van der Waals surface area contributed by atoms with Gasteiger partial charge >= 0.3 is 0 Å². The zero-order valence-corrected chi connectivity index (χ0v) is 11.6. The van der Waals surface area contributed by atoms with E-state index in [2.05, 4.69) is 42.3 Å². The summed E-state index contributed by atoms with van der Waals surface area (Å²) in [6.07, 6.45) is 5.20. The van der Waals surface area contributed by atoms with Gasteiger partial charge in [-0.25, -0.2) is 0 Å². The summed E-state index contributed by atoms with van der Waals surface area (Å²) in [5.74, 6) is 0. The first-order valence-electron chi connectivity index (χ1n) is 7.26. The average Bonchev–Trinajstić information content (AvgIpc) is 2.69. The molecule has 98 valence electrons. The van der Waals surface area contributed by atoms with E-state index in [1.165, 1.54) is 43.5 Å². The van der Waals surface area contributed by atoms with Crippen LogP contribution in [0, 0.1) is 0 Å². The predicted molar refractivity (Wildman–Crippen MR) is 77.0 cm³/mol. The lowest BCUT2D eigenvalue weighted by Crippen LogP contribution is -2.37. The highest BCUT2D eigenvalue weighted by atomic mass is 15.2. The smallest absolute Gasteiger partial charge is 0.0375 e. The second kappa shape index (κ2) is 4.58. The molecule has 3 rings (SSSR count). The minimum Gasteiger partial charge on any atom is -0.385 e. The van der Waals surface area contributed by atoms with Gasteiger partial charge in [-0.05, 0) is 63.3 Å². The molecule has 1 aromatic rings. The Morgan fingerprint density at radius 2 is 2.17 bits per heavy atom. The van der Waals surface area contributed by atoms with Crippen molar-refractivity contribution < 1.29 is 0 Å². The van der Waals surface area contributed by atoms with Gasteiger partial charge in [0.25, 0.3) is 0 Å². The van der Waals surface area contributed by atoms with E-state index in [9.17, 15) is 0 Å². The summed E-state index contributed by atoms with van der Waals surface area (Å²) < 4.78 is 0. The van der Waals surface area contributed by atoms with E-state index in [-0.39, 0.29) is 0 Å². The quantitative estimate of drug-likeness (QED) is 0.857. The van der Waals surface area contributed by atoms with E-state index in [4.69, 9.17) is 0 Å². The van der Waals surface area contributed by atoms with Gasteiger partial charge < -0.3 is 5.32 Å². The van der Waals surface area contributed by atoms with Gasteiger partial charge in [0.05, 0.1) is 0 Å². The minimum absolute atomic E-state index is 0.380. The van der Waals surface area contributed by atoms with Crippen LogP contribution in [0.2, 0.25) is 0 Å². The van der Waals surface area contributed by atoms with Gasteiger partial charge in [-0.2, -0.15) is 0 Å². The molecule has 2 heterocycles. The van der Waals surface area contributed by atoms with Crippen molar-refractivity contribution in [1.82, 2.24) is 4.90 Å². The molecule has 1 saturated heterocycles. The maximum Gasteiger partial charge on any atom is 0.0375 e. The van der Waals surface area contributed by atoms with Gasteiger partial charge in [0, 0.05) is 24.3 Å². The molecule has 0 saturated carbocycles. The highest BCUT2D eigenvalue weighted by Crippen LogP contribution is 2.32. The average molecular weight is 244 g/mol. The third-order valence-electron chi connectivity index (χ3n) is 4.63. The molecule has 0 atom stereocenters. The largest absolute Gasteiger partial charge is 0.385 e. The number of fused-ring (bicyclic) bond motifs is 1. The number of nitrogens with one attached hydrogen (secondary N) is 1. The van der Waals surface area contributed by atoms with Crippen molar-refractivity contribution in [2.75, 3.05) is 18.4 Å². The van der Waals surface area contributed by atoms with Gasteiger partial charge in [0.1, 0.15) is 0 Å². The van der Waals surface area contributed by atoms with Crippen molar-refractivity contribution in [2.24, 2.45) is 0 Å². The minimum atomic E-state index is 0.380.